The number of thioether (sulfide) groups is 1. The van der Waals surface area contributed by atoms with Gasteiger partial charge in [0.2, 0.25) is 0 Å². The van der Waals surface area contributed by atoms with Crippen LogP contribution in [0.1, 0.15) is 20.2 Å². The topological polar surface area (TPSA) is 39.2 Å². The minimum absolute atomic E-state index is 0.320. The predicted octanol–water partition coefficient (Wildman–Crippen LogP) is 3.53. The number of thiazole rings is 1. The number of methoxy groups -OCH3 is 1. The van der Waals surface area contributed by atoms with Crippen molar-refractivity contribution in [2.45, 2.75) is 17.6 Å². The van der Waals surface area contributed by atoms with E-state index in [1.807, 2.05) is 12.1 Å². The van der Waals surface area contributed by atoms with Gasteiger partial charge in [0.1, 0.15) is 9.88 Å². The summed E-state index contributed by atoms with van der Waals surface area (Å²) in [6, 6.07) is 8.23. The molecule has 0 fully saturated rings. The van der Waals surface area contributed by atoms with Gasteiger partial charge in [0.15, 0.2) is 0 Å². The summed E-state index contributed by atoms with van der Waals surface area (Å²) in [4.78, 5) is 17.3. The molecule has 3 nitrogen and oxygen atoms in total. The van der Waals surface area contributed by atoms with E-state index < -0.39 is 0 Å². The maximum atomic E-state index is 11.3. The number of nitrogens with zero attached hydrogens (tertiary/aromatic N) is 1. The molecule has 0 spiro atoms. The van der Waals surface area contributed by atoms with Crippen molar-refractivity contribution in [2.24, 2.45) is 0 Å². The van der Waals surface area contributed by atoms with E-state index >= 15 is 0 Å². The summed E-state index contributed by atoms with van der Waals surface area (Å²) in [5, 5.41) is 0.934. The lowest BCUT2D eigenvalue weighted by molar-refractivity contribution is 0.0606. The fourth-order valence-corrected chi connectivity index (χ4v) is 3.30. The summed E-state index contributed by atoms with van der Waals surface area (Å²) in [6.07, 6.45) is 1.57. The van der Waals surface area contributed by atoms with Crippen molar-refractivity contribution < 1.29 is 9.53 Å². The Hall–Kier alpha value is -1.33. The summed E-state index contributed by atoms with van der Waals surface area (Å²) in [6.45, 7) is 2.09. The molecule has 0 aliphatic rings. The van der Waals surface area contributed by atoms with Crippen LogP contribution in [0.4, 0.5) is 0 Å². The highest BCUT2D eigenvalue weighted by Crippen LogP contribution is 2.27. The van der Waals surface area contributed by atoms with E-state index in [0.29, 0.717) is 4.88 Å². The molecule has 2 aromatic rings. The van der Waals surface area contributed by atoms with Crippen molar-refractivity contribution in [3.63, 3.8) is 0 Å². The van der Waals surface area contributed by atoms with Crippen molar-refractivity contribution >= 4 is 29.1 Å². The fraction of sp³-hybridized carbons (Fsp3) is 0.231. The minimum Gasteiger partial charge on any atom is -0.465 e. The van der Waals surface area contributed by atoms with E-state index in [0.717, 1.165) is 10.8 Å². The molecule has 0 amide bonds. The summed E-state index contributed by atoms with van der Waals surface area (Å²) < 4.78 is 4.66. The third-order valence-electron chi connectivity index (χ3n) is 2.38. The Balaban J connectivity index is 2.01. The van der Waals surface area contributed by atoms with Gasteiger partial charge in [-0.15, -0.1) is 23.1 Å². The second-order valence-electron chi connectivity index (χ2n) is 3.66. The molecule has 0 bridgehead atoms. The molecule has 0 saturated carbocycles. The number of carbonyl (C=O) groups excluding carboxylic acids is 1. The van der Waals surface area contributed by atoms with Gasteiger partial charge in [0.25, 0.3) is 0 Å². The molecule has 0 atom stereocenters. The Labute approximate surface area is 114 Å². The highest BCUT2D eigenvalue weighted by molar-refractivity contribution is 7.98. The fourth-order valence-electron chi connectivity index (χ4n) is 1.43. The van der Waals surface area contributed by atoms with Crippen LogP contribution in [0.2, 0.25) is 0 Å². The molecule has 0 aliphatic heterocycles. The average molecular weight is 279 g/mol. The van der Waals surface area contributed by atoms with Crippen LogP contribution in [-0.2, 0) is 10.5 Å². The lowest BCUT2D eigenvalue weighted by Gasteiger charge is -2.02. The first-order chi connectivity index (χ1) is 8.70. The number of carbonyl (C=O) groups is 1. The molecule has 0 saturated heterocycles. The Morgan fingerprint density at radius 3 is 2.94 bits per heavy atom. The van der Waals surface area contributed by atoms with E-state index in [1.165, 1.54) is 28.9 Å². The van der Waals surface area contributed by atoms with Crippen molar-refractivity contribution in [1.29, 1.82) is 0 Å². The maximum absolute atomic E-state index is 11.3. The zero-order chi connectivity index (χ0) is 13.0. The van der Waals surface area contributed by atoms with Gasteiger partial charge in [-0.3, -0.25) is 0 Å². The van der Waals surface area contributed by atoms with Gasteiger partial charge >= 0.3 is 5.97 Å². The van der Waals surface area contributed by atoms with E-state index in [2.05, 4.69) is 28.8 Å². The zero-order valence-corrected chi connectivity index (χ0v) is 11.8. The number of esters is 1. The molecule has 0 aliphatic carbocycles. The summed E-state index contributed by atoms with van der Waals surface area (Å²) >= 11 is 3.11. The van der Waals surface area contributed by atoms with Crippen LogP contribution in [0.25, 0.3) is 0 Å². The van der Waals surface area contributed by atoms with E-state index in [-0.39, 0.29) is 5.97 Å². The summed E-state index contributed by atoms with van der Waals surface area (Å²) in [5.74, 6) is 0.451. The van der Waals surface area contributed by atoms with Gasteiger partial charge in [-0.1, -0.05) is 18.2 Å². The molecule has 0 radical (unpaired) electrons. The minimum atomic E-state index is -0.320. The first-order valence-corrected chi connectivity index (χ1v) is 7.22. The number of benzene rings is 1. The Morgan fingerprint density at radius 2 is 2.22 bits per heavy atom. The number of hydrogen-bond donors (Lipinski definition) is 0. The molecular formula is C13H13NO2S2. The molecule has 0 N–H and O–H groups in total. The average Bonchev–Trinajstić information content (AvgIpc) is 2.86. The van der Waals surface area contributed by atoms with Crippen LogP contribution in [0, 0.1) is 6.92 Å². The first kappa shape index (κ1) is 13.1. The number of aromatic nitrogens is 1. The van der Waals surface area contributed by atoms with Crippen LogP contribution < -0.4 is 0 Å². The molecule has 2 rings (SSSR count). The van der Waals surface area contributed by atoms with Gasteiger partial charge in [-0.25, -0.2) is 9.78 Å². The third kappa shape index (κ3) is 3.11. The number of ether oxygens (including phenoxy) is 1. The van der Waals surface area contributed by atoms with Gasteiger partial charge in [-0.2, -0.15) is 0 Å². The molecule has 1 aromatic carbocycles. The molecule has 18 heavy (non-hydrogen) atoms. The monoisotopic (exact) mass is 279 g/mol. The van der Waals surface area contributed by atoms with Crippen molar-refractivity contribution in [2.75, 3.05) is 7.11 Å². The lowest BCUT2D eigenvalue weighted by atomic mass is 10.2. The molecule has 0 unspecified atom stereocenters. The standard InChI is InChI=1S/C13H13NO2S2/c1-9-5-3-4-6-10(9)17-8-12-14-7-11(18-12)13(15)16-2/h3-7H,8H2,1-2H3. The van der Waals surface area contributed by atoms with Crippen LogP contribution >= 0.6 is 23.1 Å². The summed E-state index contributed by atoms with van der Waals surface area (Å²) in [7, 11) is 1.38. The van der Waals surface area contributed by atoms with Gasteiger partial charge in [0, 0.05) is 4.90 Å². The largest absolute Gasteiger partial charge is 0.465 e. The number of rotatable bonds is 4. The van der Waals surface area contributed by atoms with E-state index in [4.69, 9.17) is 0 Å². The van der Waals surface area contributed by atoms with E-state index in [9.17, 15) is 4.79 Å². The first-order valence-electron chi connectivity index (χ1n) is 5.42. The molecule has 1 heterocycles. The molecular weight excluding hydrogens is 266 g/mol. The van der Waals surface area contributed by atoms with Gasteiger partial charge in [-0.05, 0) is 18.6 Å². The number of hydrogen-bond acceptors (Lipinski definition) is 5. The molecule has 94 valence electrons. The van der Waals surface area contributed by atoms with Gasteiger partial charge in [0.05, 0.1) is 19.1 Å². The summed E-state index contributed by atoms with van der Waals surface area (Å²) in [5.41, 5.74) is 1.26. The van der Waals surface area contributed by atoms with Crippen molar-refractivity contribution in [1.82, 2.24) is 4.98 Å². The van der Waals surface area contributed by atoms with Crippen LogP contribution in [0.3, 0.4) is 0 Å². The van der Waals surface area contributed by atoms with Crippen molar-refractivity contribution in [3.05, 3.63) is 45.9 Å². The Bertz CT molecular complexity index is 551. The van der Waals surface area contributed by atoms with Crippen LogP contribution in [0.5, 0.6) is 0 Å². The quantitative estimate of drug-likeness (QED) is 0.634. The smallest absolute Gasteiger partial charge is 0.349 e. The molecule has 5 heteroatoms. The van der Waals surface area contributed by atoms with Crippen LogP contribution in [0.15, 0.2) is 35.4 Å². The Morgan fingerprint density at radius 1 is 1.44 bits per heavy atom. The second kappa shape index (κ2) is 6.02. The maximum Gasteiger partial charge on any atom is 0.349 e. The highest BCUT2D eigenvalue weighted by Gasteiger charge is 2.10. The SMILES string of the molecule is COC(=O)c1cnc(CSc2ccccc2C)s1. The predicted molar refractivity (Wildman–Crippen MR) is 74.2 cm³/mol. The van der Waals surface area contributed by atoms with Crippen LogP contribution in [-0.4, -0.2) is 18.1 Å². The lowest BCUT2D eigenvalue weighted by Crippen LogP contribution is -1.96. The Kier molecular flexibility index (Phi) is 4.38. The van der Waals surface area contributed by atoms with E-state index in [1.54, 1.807) is 18.0 Å². The number of aryl methyl sites for hydroxylation is 1. The second-order valence-corrected chi connectivity index (χ2v) is 5.80. The van der Waals surface area contributed by atoms with Gasteiger partial charge < -0.3 is 4.74 Å². The highest BCUT2D eigenvalue weighted by atomic mass is 32.2. The zero-order valence-electron chi connectivity index (χ0n) is 10.2. The molecule has 1 aromatic heterocycles. The van der Waals surface area contributed by atoms with Crippen molar-refractivity contribution in [3.8, 4) is 0 Å². The normalized spacial score (nSPS) is 10.3. The third-order valence-corrected chi connectivity index (χ3v) is 4.73.